The van der Waals surface area contributed by atoms with Gasteiger partial charge >= 0.3 is 11.9 Å². The number of halogens is 1. The van der Waals surface area contributed by atoms with E-state index in [1.54, 1.807) is 13.1 Å². The summed E-state index contributed by atoms with van der Waals surface area (Å²) >= 11 is 5.69. The van der Waals surface area contributed by atoms with E-state index in [2.05, 4.69) is 14.5 Å². The van der Waals surface area contributed by atoms with Gasteiger partial charge in [0, 0.05) is 25.2 Å². The van der Waals surface area contributed by atoms with Gasteiger partial charge in [-0.1, -0.05) is 0 Å². The topological polar surface area (TPSA) is 88.7 Å². The summed E-state index contributed by atoms with van der Waals surface area (Å²) in [5.74, 6) is -1.16. The molecule has 0 fully saturated rings. The molecule has 0 bridgehead atoms. The van der Waals surface area contributed by atoms with Crippen LogP contribution in [0.2, 0.25) is 0 Å². The maximum absolute atomic E-state index is 11.6. The predicted molar refractivity (Wildman–Crippen MR) is 77.1 cm³/mol. The summed E-state index contributed by atoms with van der Waals surface area (Å²) in [6.45, 7) is 0. The summed E-state index contributed by atoms with van der Waals surface area (Å²) in [6, 6.07) is 2.98. The van der Waals surface area contributed by atoms with Crippen molar-refractivity contribution in [1.29, 1.82) is 0 Å². The molecule has 21 heavy (non-hydrogen) atoms. The van der Waals surface area contributed by atoms with Gasteiger partial charge in [0.25, 0.3) is 0 Å². The van der Waals surface area contributed by atoms with E-state index in [0.29, 0.717) is 11.4 Å². The lowest BCUT2D eigenvalue weighted by molar-refractivity contribution is -0.144. The Hall–Kier alpha value is -2.28. The molecule has 0 saturated carbocycles. The second kappa shape index (κ2) is 7.49. The third kappa shape index (κ3) is 4.35. The number of carbonyl (C=O) groups is 2. The Morgan fingerprint density at radius 2 is 1.86 bits per heavy atom. The van der Waals surface area contributed by atoms with Crippen molar-refractivity contribution in [2.45, 2.75) is 5.88 Å². The quantitative estimate of drug-likeness (QED) is 0.284. The van der Waals surface area contributed by atoms with Crippen molar-refractivity contribution < 1.29 is 19.1 Å². The van der Waals surface area contributed by atoms with Crippen LogP contribution in [0.5, 0.6) is 0 Å². The number of anilines is 1. The van der Waals surface area contributed by atoms with Gasteiger partial charge in [0.2, 0.25) is 5.56 Å². The highest BCUT2D eigenvalue weighted by molar-refractivity contribution is 6.17. The Bertz CT molecular complexity index is 605. The average Bonchev–Trinajstić information content (AvgIpc) is 2.49. The number of methoxy groups -OCH3 is 2. The Morgan fingerprint density at radius 3 is 2.33 bits per heavy atom. The molecule has 7 nitrogen and oxygen atoms in total. The minimum atomic E-state index is -0.843. The number of carbonyl (C=O) groups excluding carboxylic acids is 2. The molecule has 114 valence electrons. The zero-order chi connectivity index (χ0) is 16.0. The fraction of sp³-hybridized carbons (Fsp3) is 0.308. The largest absolute Gasteiger partial charge is 0.465 e. The van der Waals surface area contributed by atoms with Crippen LogP contribution in [-0.2, 0) is 24.9 Å². The fourth-order valence-corrected chi connectivity index (χ4v) is 1.68. The van der Waals surface area contributed by atoms with Crippen LogP contribution in [0.25, 0.3) is 0 Å². The van der Waals surface area contributed by atoms with Crippen molar-refractivity contribution >= 4 is 29.4 Å². The molecule has 0 atom stereocenters. The first-order valence-electron chi connectivity index (χ1n) is 5.83. The molecule has 0 aliphatic rings. The SMILES string of the molecule is COC(=O)C(=CN(C)c1cc(CCl)cc(=O)[nH]1)C(=O)OC. The molecule has 0 aliphatic carbocycles. The van der Waals surface area contributed by atoms with E-state index in [4.69, 9.17) is 11.6 Å². The molecule has 0 amide bonds. The molecule has 0 spiro atoms. The molecule has 1 aromatic heterocycles. The number of aromatic amines is 1. The van der Waals surface area contributed by atoms with Crippen molar-refractivity contribution in [2.75, 3.05) is 26.2 Å². The highest BCUT2D eigenvalue weighted by Crippen LogP contribution is 2.13. The molecule has 1 heterocycles. The number of pyridine rings is 1. The zero-order valence-corrected chi connectivity index (χ0v) is 12.6. The molecule has 1 N–H and O–H groups in total. The van der Waals surface area contributed by atoms with Crippen LogP contribution in [0.1, 0.15) is 5.56 Å². The van der Waals surface area contributed by atoms with Crippen LogP contribution in [-0.4, -0.2) is 38.2 Å². The van der Waals surface area contributed by atoms with E-state index >= 15 is 0 Å². The van der Waals surface area contributed by atoms with Gasteiger partial charge < -0.3 is 19.4 Å². The number of esters is 2. The lowest BCUT2D eigenvalue weighted by Gasteiger charge is -2.15. The van der Waals surface area contributed by atoms with Crippen molar-refractivity contribution in [1.82, 2.24) is 4.98 Å². The molecular weight excluding hydrogens is 300 g/mol. The predicted octanol–water partition coefficient (Wildman–Crippen LogP) is 0.780. The standard InChI is InChI=1S/C13H15ClN2O5/c1-16(7-9(12(18)20-2)13(19)21-3)10-4-8(6-14)5-11(17)15-10/h4-5,7H,6H2,1-3H3,(H,15,17). The Balaban J connectivity index is 3.21. The minimum Gasteiger partial charge on any atom is -0.465 e. The van der Waals surface area contributed by atoms with Crippen LogP contribution in [0, 0.1) is 0 Å². The zero-order valence-electron chi connectivity index (χ0n) is 11.8. The number of hydrogen-bond acceptors (Lipinski definition) is 6. The van der Waals surface area contributed by atoms with Gasteiger partial charge in [-0.2, -0.15) is 0 Å². The monoisotopic (exact) mass is 314 g/mol. The average molecular weight is 315 g/mol. The van der Waals surface area contributed by atoms with Crippen molar-refractivity contribution in [3.05, 3.63) is 39.8 Å². The minimum absolute atomic E-state index is 0.162. The van der Waals surface area contributed by atoms with Gasteiger partial charge in [0.05, 0.1) is 14.2 Å². The van der Waals surface area contributed by atoms with Gasteiger partial charge in [0.15, 0.2) is 5.57 Å². The van der Waals surface area contributed by atoms with Crippen molar-refractivity contribution in [2.24, 2.45) is 0 Å². The van der Waals surface area contributed by atoms with Crippen LogP contribution in [0.4, 0.5) is 5.82 Å². The Kier molecular flexibility index (Phi) is 5.98. The first-order chi connectivity index (χ1) is 9.92. The number of alkyl halides is 1. The number of nitrogens with one attached hydrogen (secondary N) is 1. The molecule has 1 rings (SSSR count). The fourth-order valence-electron chi connectivity index (χ4n) is 1.52. The van der Waals surface area contributed by atoms with Crippen LogP contribution >= 0.6 is 11.6 Å². The molecule has 1 aromatic rings. The van der Waals surface area contributed by atoms with Gasteiger partial charge in [-0.05, 0) is 11.6 Å². The van der Waals surface area contributed by atoms with Gasteiger partial charge in [0.1, 0.15) is 5.82 Å². The van der Waals surface area contributed by atoms with Crippen molar-refractivity contribution in [3.8, 4) is 0 Å². The molecule has 0 radical (unpaired) electrons. The maximum Gasteiger partial charge on any atom is 0.346 e. The van der Waals surface area contributed by atoms with E-state index < -0.39 is 11.9 Å². The Labute approximate surface area is 126 Å². The second-order valence-corrected chi connectivity index (χ2v) is 4.28. The summed E-state index contributed by atoms with van der Waals surface area (Å²) in [5, 5.41) is 0. The van der Waals surface area contributed by atoms with Gasteiger partial charge in [-0.3, -0.25) is 4.79 Å². The third-order valence-corrected chi connectivity index (χ3v) is 2.87. The van der Waals surface area contributed by atoms with E-state index in [-0.39, 0.29) is 17.0 Å². The molecular formula is C13H15ClN2O5. The van der Waals surface area contributed by atoms with Gasteiger partial charge in [-0.25, -0.2) is 9.59 Å². The lowest BCUT2D eigenvalue weighted by Crippen LogP contribution is -2.22. The molecule has 0 unspecified atom stereocenters. The number of aromatic nitrogens is 1. The summed E-state index contributed by atoms with van der Waals surface area (Å²) in [6.07, 6.45) is 1.21. The third-order valence-electron chi connectivity index (χ3n) is 2.56. The number of nitrogens with zero attached hydrogens (tertiary/aromatic N) is 1. The molecule has 0 aromatic carbocycles. The summed E-state index contributed by atoms with van der Waals surface area (Å²) in [4.78, 5) is 38.6. The van der Waals surface area contributed by atoms with Crippen LogP contribution in [0.15, 0.2) is 28.7 Å². The summed E-state index contributed by atoms with van der Waals surface area (Å²) in [5.41, 5.74) is -0.0472. The molecule has 0 aliphatic heterocycles. The highest BCUT2D eigenvalue weighted by atomic mass is 35.5. The van der Waals surface area contributed by atoms with E-state index in [1.807, 2.05) is 0 Å². The Morgan fingerprint density at radius 1 is 1.29 bits per heavy atom. The van der Waals surface area contributed by atoms with Crippen LogP contribution in [0.3, 0.4) is 0 Å². The van der Waals surface area contributed by atoms with E-state index in [0.717, 1.165) is 14.2 Å². The highest BCUT2D eigenvalue weighted by Gasteiger charge is 2.21. The normalized spacial score (nSPS) is 9.71. The summed E-state index contributed by atoms with van der Waals surface area (Å²) in [7, 11) is 3.85. The summed E-state index contributed by atoms with van der Waals surface area (Å²) < 4.78 is 9.03. The first-order valence-corrected chi connectivity index (χ1v) is 6.36. The number of ether oxygens (including phenoxy) is 2. The van der Waals surface area contributed by atoms with E-state index in [1.165, 1.54) is 17.2 Å². The number of hydrogen-bond donors (Lipinski definition) is 1. The number of rotatable bonds is 5. The van der Waals surface area contributed by atoms with Crippen LogP contribution < -0.4 is 10.5 Å². The maximum atomic E-state index is 11.6. The molecule has 0 saturated heterocycles. The van der Waals surface area contributed by atoms with Gasteiger partial charge in [-0.15, -0.1) is 11.6 Å². The first kappa shape index (κ1) is 16.8. The van der Waals surface area contributed by atoms with E-state index in [9.17, 15) is 14.4 Å². The smallest absolute Gasteiger partial charge is 0.346 e. The molecule has 8 heteroatoms. The lowest BCUT2D eigenvalue weighted by atomic mass is 10.2. The van der Waals surface area contributed by atoms with Crippen molar-refractivity contribution in [3.63, 3.8) is 0 Å². The number of H-pyrrole nitrogens is 1. The second-order valence-electron chi connectivity index (χ2n) is 4.01.